The number of alkyl carbamates (subject to hydrolysis) is 1. The van der Waals surface area contributed by atoms with Gasteiger partial charge in [0, 0.05) is 27.3 Å². The number of nitrogens with one attached hydrogen (secondary N) is 2. The molecule has 1 aromatic rings. The summed E-state index contributed by atoms with van der Waals surface area (Å²) in [5.74, 6) is -3.03. The molecule has 3 N–H and O–H groups in total. The molecule has 2 rings (SSSR count). The Morgan fingerprint density at radius 3 is 2.03 bits per heavy atom. The third-order valence-electron chi connectivity index (χ3n) is 4.76. The van der Waals surface area contributed by atoms with Crippen molar-refractivity contribution >= 4 is 18.0 Å². The number of hydrogen-bond donors (Lipinski definition) is 3. The molecule has 2 amide bonds. The lowest BCUT2D eigenvalue weighted by Gasteiger charge is -2.23. The number of methoxy groups -OCH3 is 2. The molecule has 0 aliphatic carbocycles. The summed E-state index contributed by atoms with van der Waals surface area (Å²) in [6.07, 6.45) is -7.37. The molecule has 0 unspecified atom stereocenters. The average molecular weight is 523 g/mol. The highest BCUT2D eigenvalue weighted by atomic mass is 19.4. The SMILES string of the molecule is CO[C@H]1[C@H](OC)[C@H](C(=O)NCCc2ccccc2)O[C@@H]1CNC(=O)OC(C)(C)C.O=C(O)C(F)(F)F. The van der Waals surface area contributed by atoms with Gasteiger partial charge in [-0.2, -0.15) is 13.2 Å². The number of amides is 2. The largest absolute Gasteiger partial charge is 0.490 e. The Morgan fingerprint density at radius 1 is 1.00 bits per heavy atom. The summed E-state index contributed by atoms with van der Waals surface area (Å²) in [5, 5.41) is 12.7. The van der Waals surface area contributed by atoms with Crippen molar-refractivity contribution in [3.05, 3.63) is 35.9 Å². The maximum Gasteiger partial charge on any atom is 0.490 e. The van der Waals surface area contributed by atoms with Crippen LogP contribution in [0.25, 0.3) is 0 Å². The standard InChI is InChI=1S/C21H32N2O6.C2HF3O2/c1-21(2,3)29-20(25)23-13-15-16(26-4)17(27-5)18(28-15)19(24)22-12-11-14-9-7-6-8-10-14;3-2(4,5)1(6)7/h6-10,15-18H,11-13H2,1-5H3,(H,22,24)(H,23,25);(H,6,7)/t15-,16-,17+,18-;/m1./s1. The van der Waals surface area contributed by atoms with E-state index in [9.17, 15) is 22.8 Å². The van der Waals surface area contributed by atoms with Gasteiger partial charge in [0.25, 0.3) is 5.91 Å². The second-order valence-electron chi connectivity index (χ2n) is 8.71. The van der Waals surface area contributed by atoms with Crippen LogP contribution < -0.4 is 10.6 Å². The molecule has 0 spiro atoms. The molecule has 13 heteroatoms. The van der Waals surface area contributed by atoms with Crippen molar-refractivity contribution in [1.82, 2.24) is 10.6 Å². The third-order valence-corrected chi connectivity index (χ3v) is 4.76. The smallest absolute Gasteiger partial charge is 0.475 e. The van der Waals surface area contributed by atoms with Crippen molar-refractivity contribution in [3.63, 3.8) is 0 Å². The highest BCUT2D eigenvalue weighted by Gasteiger charge is 2.48. The number of carboxylic acids is 1. The van der Waals surface area contributed by atoms with Gasteiger partial charge in [-0.1, -0.05) is 30.3 Å². The molecule has 204 valence electrons. The molecule has 0 bridgehead atoms. The number of hydrogen-bond acceptors (Lipinski definition) is 7. The molecular weight excluding hydrogens is 489 g/mol. The topological polar surface area (TPSA) is 132 Å². The van der Waals surface area contributed by atoms with Gasteiger partial charge < -0.3 is 34.7 Å². The summed E-state index contributed by atoms with van der Waals surface area (Å²) in [4.78, 5) is 33.5. The van der Waals surface area contributed by atoms with Crippen LogP contribution in [0, 0.1) is 0 Å². The molecular formula is C23H33F3N2O8. The first-order valence-corrected chi connectivity index (χ1v) is 11.0. The van der Waals surface area contributed by atoms with E-state index in [4.69, 9.17) is 28.8 Å². The van der Waals surface area contributed by atoms with E-state index in [1.165, 1.54) is 14.2 Å². The highest BCUT2D eigenvalue weighted by molar-refractivity contribution is 5.82. The monoisotopic (exact) mass is 522 g/mol. The van der Waals surface area contributed by atoms with Crippen LogP contribution in [0.15, 0.2) is 30.3 Å². The maximum absolute atomic E-state index is 12.7. The molecule has 0 saturated carbocycles. The molecule has 0 aromatic heterocycles. The van der Waals surface area contributed by atoms with E-state index in [-0.39, 0.29) is 12.5 Å². The number of aliphatic carboxylic acids is 1. The van der Waals surface area contributed by atoms with Gasteiger partial charge in [-0.3, -0.25) is 4.79 Å². The lowest BCUT2D eigenvalue weighted by molar-refractivity contribution is -0.192. The minimum atomic E-state index is -5.08. The lowest BCUT2D eigenvalue weighted by Crippen LogP contribution is -2.45. The zero-order valence-corrected chi connectivity index (χ0v) is 20.8. The Balaban J connectivity index is 0.000000809. The van der Waals surface area contributed by atoms with Crippen LogP contribution in [0.5, 0.6) is 0 Å². The average Bonchev–Trinajstić information content (AvgIpc) is 3.14. The van der Waals surface area contributed by atoms with Gasteiger partial charge in [0.15, 0.2) is 6.10 Å². The molecule has 1 fully saturated rings. The predicted molar refractivity (Wildman–Crippen MR) is 121 cm³/mol. The molecule has 1 heterocycles. The van der Waals surface area contributed by atoms with E-state index in [1.54, 1.807) is 20.8 Å². The second-order valence-corrected chi connectivity index (χ2v) is 8.71. The Morgan fingerprint density at radius 2 is 1.56 bits per heavy atom. The van der Waals surface area contributed by atoms with E-state index in [0.717, 1.165) is 5.56 Å². The van der Waals surface area contributed by atoms with E-state index in [0.29, 0.717) is 13.0 Å². The maximum atomic E-state index is 12.7. The number of carbonyl (C=O) groups excluding carboxylic acids is 2. The zero-order valence-electron chi connectivity index (χ0n) is 20.8. The number of carboxylic acid groups (broad SMARTS) is 1. The summed E-state index contributed by atoms with van der Waals surface area (Å²) in [7, 11) is 3.03. The number of alkyl halides is 3. The molecule has 10 nitrogen and oxygen atoms in total. The molecule has 36 heavy (non-hydrogen) atoms. The molecule has 1 aromatic carbocycles. The number of rotatable bonds is 8. The van der Waals surface area contributed by atoms with Crippen molar-refractivity contribution in [2.45, 2.75) is 63.4 Å². The van der Waals surface area contributed by atoms with Crippen molar-refractivity contribution in [2.24, 2.45) is 0 Å². The summed E-state index contributed by atoms with van der Waals surface area (Å²) < 4.78 is 53.8. The summed E-state index contributed by atoms with van der Waals surface area (Å²) in [6, 6.07) is 9.90. The minimum absolute atomic E-state index is 0.140. The van der Waals surface area contributed by atoms with Gasteiger partial charge in [0.05, 0.1) is 0 Å². The second kappa shape index (κ2) is 14.0. The van der Waals surface area contributed by atoms with E-state index < -0.39 is 48.3 Å². The quantitative estimate of drug-likeness (QED) is 0.474. The van der Waals surface area contributed by atoms with Crippen LogP contribution in [0.4, 0.5) is 18.0 Å². The third kappa shape index (κ3) is 10.8. The van der Waals surface area contributed by atoms with Crippen LogP contribution in [0.3, 0.4) is 0 Å². The van der Waals surface area contributed by atoms with Gasteiger partial charge in [0.1, 0.15) is 23.9 Å². The Kier molecular flexibility index (Phi) is 12.1. The summed E-state index contributed by atoms with van der Waals surface area (Å²) in [5.41, 5.74) is 0.537. The first kappa shape index (κ1) is 31.1. The Hall–Kier alpha value is -2.90. The van der Waals surface area contributed by atoms with Crippen molar-refractivity contribution in [3.8, 4) is 0 Å². The van der Waals surface area contributed by atoms with Gasteiger partial charge >= 0.3 is 18.2 Å². The van der Waals surface area contributed by atoms with Gasteiger partial charge in [0.2, 0.25) is 0 Å². The highest BCUT2D eigenvalue weighted by Crippen LogP contribution is 2.26. The number of carbonyl (C=O) groups is 3. The van der Waals surface area contributed by atoms with E-state index in [1.807, 2.05) is 30.3 Å². The molecule has 1 aliphatic heterocycles. The van der Waals surface area contributed by atoms with Crippen molar-refractivity contribution in [1.29, 1.82) is 0 Å². The minimum Gasteiger partial charge on any atom is -0.475 e. The fraction of sp³-hybridized carbons (Fsp3) is 0.609. The molecule has 0 radical (unpaired) electrons. The van der Waals surface area contributed by atoms with Gasteiger partial charge in [-0.05, 0) is 32.8 Å². The number of ether oxygens (including phenoxy) is 4. The normalized spacial score (nSPS) is 21.7. The lowest BCUT2D eigenvalue weighted by atomic mass is 10.1. The number of halogens is 3. The predicted octanol–water partition coefficient (Wildman–Crippen LogP) is 2.30. The van der Waals surface area contributed by atoms with Crippen molar-refractivity contribution < 1.29 is 51.6 Å². The molecule has 1 saturated heterocycles. The first-order valence-electron chi connectivity index (χ1n) is 11.0. The van der Waals surface area contributed by atoms with Crippen LogP contribution in [0.1, 0.15) is 26.3 Å². The zero-order chi connectivity index (χ0) is 27.5. The van der Waals surface area contributed by atoms with Crippen LogP contribution in [0.2, 0.25) is 0 Å². The van der Waals surface area contributed by atoms with E-state index in [2.05, 4.69) is 10.6 Å². The van der Waals surface area contributed by atoms with Gasteiger partial charge in [-0.25, -0.2) is 9.59 Å². The van der Waals surface area contributed by atoms with Crippen molar-refractivity contribution in [2.75, 3.05) is 27.3 Å². The van der Waals surface area contributed by atoms with Crippen LogP contribution in [-0.4, -0.2) is 86.6 Å². The molecule has 4 atom stereocenters. The number of benzene rings is 1. The first-order chi connectivity index (χ1) is 16.7. The molecule has 1 aliphatic rings. The summed E-state index contributed by atoms with van der Waals surface area (Å²) in [6.45, 7) is 5.98. The fourth-order valence-corrected chi connectivity index (χ4v) is 3.22. The fourth-order valence-electron chi connectivity index (χ4n) is 3.22. The van der Waals surface area contributed by atoms with Gasteiger partial charge in [-0.15, -0.1) is 0 Å². The van der Waals surface area contributed by atoms with Crippen LogP contribution in [-0.2, 0) is 35.0 Å². The summed E-state index contributed by atoms with van der Waals surface area (Å²) >= 11 is 0. The Labute approximate surface area is 207 Å². The van der Waals surface area contributed by atoms with E-state index >= 15 is 0 Å². The van der Waals surface area contributed by atoms with Crippen LogP contribution >= 0.6 is 0 Å². The Bertz CT molecular complexity index is 846.